The summed E-state index contributed by atoms with van der Waals surface area (Å²) < 4.78 is 68.8. The molecule has 0 radical (unpaired) electrons. The molecule has 2 heterocycles. The second-order valence-electron chi connectivity index (χ2n) is 11.8. The van der Waals surface area contributed by atoms with Gasteiger partial charge in [-0.3, -0.25) is 14.7 Å². The van der Waals surface area contributed by atoms with Crippen LogP contribution in [0, 0.1) is 17.8 Å². The highest BCUT2D eigenvalue weighted by atomic mass is 32.2. The normalized spacial score (nSPS) is 21.8. The molecule has 0 spiro atoms. The van der Waals surface area contributed by atoms with Gasteiger partial charge in [-0.1, -0.05) is 32.9 Å². The zero-order chi connectivity index (χ0) is 31.5. The number of fused-ring (bicyclic) bond motifs is 1. The minimum absolute atomic E-state index is 0.0120. The Hall–Kier alpha value is -3.19. The molecule has 2 amide bonds. The number of ether oxygens (including phenoxy) is 1. The monoisotopic (exact) mass is 624 g/mol. The number of alkyl halides is 3. The lowest BCUT2D eigenvalue weighted by Gasteiger charge is -2.35. The van der Waals surface area contributed by atoms with E-state index in [9.17, 15) is 31.2 Å². The molecule has 2 aromatic rings. The molecule has 1 fully saturated rings. The number of carbonyl (C=O) groups is 2. The van der Waals surface area contributed by atoms with E-state index in [1.165, 1.54) is 18.3 Å². The van der Waals surface area contributed by atoms with Gasteiger partial charge in [0.15, 0.2) is 9.84 Å². The fourth-order valence-electron chi connectivity index (χ4n) is 6.15. The van der Waals surface area contributed by atoms with Gasteiger partial charge in [-0.15, -0.1) is 0 Å². The Bertz CT molecular complexity index is 1410. The van der Waals surface area contributed by atoms with Crippen molar-refractivity contribution in [1.82, 2.24) is 15.2 Å². The number of nitrogens with two attached hydrogens (primary N) is 1. The van der Waals surface area contributed by atoms with Gasteiger partial charge < -0.3 is 15.8 Å². The fraction of sp³-hybridized carbons (Fsp3) is 0.567. The van der Waals surface area contributed by atoms with Gasteiger partial charge in [-0.2, -0.15) is 13.2 Å². The number of halogens is 3. The third-order valence-electron chi connectivity index (χ3n) is 8.46. The highest BCUT2D eigenvalue weighted by molar-refractivity contribution is 7.91. The quantitative estimate of drug-likeness (QED) is 0.366. The topological polar surface area (TPSA) is 132 Å². The van der Waals surface area contributed by atoms with Gasteiger partial charge in [0.05, 0.1) is 39.9 Å². The van der Waals surface area contributed by atoms with E-state index < -0.39 is 40.0 Å². The van der Waals surface area contributed by atoms with Crippen LogP contribution in [-0.4, -0.2) is 55.4 Å². The summed E-state index contributed by atoms with van der Waals surface area (Å²) in [5.74, 6) is -1.38. The fourth-order valence-corrected chi connectivity index (χ4v) is 7.03. The summed E-state index contributed by atoms with van der Waals surface area (Å²) in [5, 5.41) is 2.83. The third kappa shape index (κ3) is 7.86. The number of primary amides is 1. The Labute approximate surface area is 250 Å². The Morgan fingerprint density at radius 1 is 1.14 bits per heavy atom. The zero-order valence-corrected chi connectivity index (χ0v) is 25.4. The Morgan fingerprint density at radius 3 is 2.35 bits per heavy atom. The number of pyridine rings is 1. The summed E-state index contributed by atoms with van der Waals surface area (Å²) in [6.45, 7) is 6.64. The number of amides is 2. The molecule has 1 saturated carbocycles. The van der Waals surface area contributed by atoms with Crippen molar-refractivity contribution >= 4 is 21.8 Å². The average Bonchev–Trinajstić information content (AvgIpc) is 3.32. The Morgan fingerprint density at radius 2 is 1.79 bits per heavy atom. The van der Waals surface area contributed by atoms with E-state index in [4.69, 9.17) is 10.5 Å². The Kier molecular flexibility index (Phi) is 10.1. The molecular formula is C30H39F3N4O5S. The average molecular weight is 625 g/mol. The van der Waals surface area contributed by atoms with E-state index in [0.717, 1.165) is 11.3 Å². The SMILES string of the molecule is CCS(=O)(=O)c1ccc([C@H](COC(N)=O)NC(=O)c2cnc3c(c2)CN(C[C@H]2CC[C@@H](C(F)(F)F)CC2)[C@H]3C(C)C)cc1. The third-order valence-corrected chi connectivity index (χ3v) is 10.2. The molecule has 2 atom stereocenters. The number of carbonyl (C=O) groups excluding carboxylic acids is 2. The molecule has 3 N–H and O–H groups in total. The standard InChI is InChI=1S/C30H39F3N4O5S/c1-4-43(40,41)24-11-7-20(8-12-24)25(17-42-29(34)39)36-28(38)21-13-22-16-37(27(18(2)3)26(22)35-14-21)15-19-5-9-23(10-6-19)30(31,32)33/h7-8,11-14,18-19,23,25,27H,4-6,9-10,15-17H2,1-3H3,(H2,34,39)(H,36,38)/t19-,23+,25-,27-/m0/s1. The maximum absolute atomic E-state index is 13.3. The molecule has 9 nitrogen and oxygen atoms in total. The van der Waals surface area contributed by atoms with Crippen LogP contribution in [0.3, 0.4) is 0 Å². The lowest BCUT2D eigenvalue weighted by atomic mass is 9.81. The predicted molar refractivity (Wildman–Crippen MR) is 154 cm³/mol. The minimum atomic E-state index is -4.14. The van der Waals surface area contributed by atoms with Crippen LogP contribution in [0.15, 0.2) is 41.4 Å². The van der Waals surface area contributed by atoms with Crippen molar-refractivity contribution in [3.63, 3.8) is 0 Å². The van der Waals surface area contributed by atoms with Gasteiger partial charge in [0.1, 0.15) is 6.61 Å². The van der Waals surface area contributed by atoms with Crippen LogP contribution in [0.5, 0.6) is 0 Å². The first-order valence-electron chi connectivity index (χ1n) is 14.5. The predicted octanol–water partition coefficient (Wildman–Crippen LogP) is 5.32. The highest BCUT2D eigenvalue weighted by Crippen LogP contribution is 2.43. The van der Waals surface area contributed by atoms with Gasteiger partial charge in [-0.05, 0) is 66.8 Å². The van der Waals surface area contributed by atoms with Crippen molar-refractivity contribution in [3.05, 3.63) is 58.9 Å². The maximum Gasteiger partial charge on any atom is 0.404 e. The van der Waals surface area contributed by atoms with Crippen LogP contribution in [0.25, 0.3) is 0 Å². The molecule has 1 aliphatic heterocycles. The second kappa shape index (κ2) is 13.2. The first kappa shape index (κ1) is 32.7. The summed E-state index contributed by atoms with van der Waals surface area (Å²) in [6.07, 6.45) is -2.30. The van der Waals surface area contributed by atoms with Crippen LogP contribution in [0.2, 0.25) is 0 Å². The molecule has 1 aliphatic carbocycles. The summed E-state index contributed by atoms with van der Waals surface area (Å²) in [5.41, 5.74) is 7.70. The van der Waals surface area contributed by atoms with Gasteiger partial charge in [0.2, 0.25) is 0 Å². The van der Waals surface area contributed by atoms with Crippen molar-refractivity contribution < 1.29 is 35.9 Å². The molecule has 0 bridgehead atoms. The molecule has 0 saturated heterocycles. The molecular weight excluding hydrogens is 585 g/mol. The highest BCUT2D eigenvalue weighted by Gasteiger charge is 2.42. The number of hydrogen-bond acceptors (Lipinski definition) is 7. The van der Waals surface area contributed by atoms with Crippen LogP contribution >= 0.6 is 0 Å². The van der Waals surface area contributed by atoms with Crippen molar-refractivity contribution in [1.29, 1.82) is 0 Å². The minimum Gasteiger partial charge on any atom is -0.447 e. The number of benzene rings is 1. The lowest BCUT2D eigenvalue weighted by molar-refractivity contribution is -0.184. The lowest BCUT2D eigenvalue weighted by Crippen LogP contribution is -2.35. The van der Waals surface area contributed by atoms with Crippen LogP contribution < -0.4 is 11.1 Å². The molecule has 1 aromatic heterocycles. The van der Waals surface area contributed by atoms with Crippen molar-refractivity contribution in [2.75, 3.05) is 18.9 Å². The number of hydrogen-bond donors (Lipinski definition) is 2. The summed E-state index contributed by atoms with van der Waals surface area (Å²) in [7, 11) is -3.42. The Balaban J connectivity index is 1.48. The smallest absolute Gasteiger partial charge is 0.404 e. The zero-order valence-electron chi connectivity index (χ0n) is 24.6. The number of sulfone groups is 1. The van der Waals surface area contributed by atoms with Crippen molar-refractivity contribution in [2.45, 2.75) is 76.2 Å². The maximum atomic E-state index is 13.3. The molecule has 1 aromatic carbocycles. The van der Waals surface area contributed by atoms with Gasteiger partial charge in [-0.25, -0.2) is 13.2 Å². The largest absolute Gasteiger partial charge is 0.447 e. The first-order chi connectivity index (χ1) is 20.2. The molecule has 4 rings (SSSR count). The van der Waals surface area contributed by atoms with Crippen LogP contribution in [-0.2, 0) is 21.1 Å². The van der Waals surface area contributed by atoms with Gasteiger partial charge in [0.25, 0.3) is 5.91 Å². The van der Waals surface area contributed by atoms with Crippen LogP contribution in [0.4, 0.5) is 18.0 Å². The van der Waals surface area contributed by atoms with Crippen molar-refractivity contribution in [3.8, 4) is 0 Å². The van der Waals surface area contributed by atoms with E-state index in [0.29, 0.717) is 37.1 Å². The molecule has 236 valence electrons. The van der Waals surface area contributed by atoms with E-state index in [1.807, 2.05) is 0 Å². The van der Waals surface area contributed by atoms with Gasteiger partial charge >= 0.3 is 12.3 Å². The van der Waals surface area contributed by atoms with Gasteiger partial charge in [0, 0.05) is 19.3 Å². The number of nitrogens with one attached hydrogen (secondary N) is 1. The molecule has 13 heteroatoms. The first-order valence-corrected chi connectivity index (χ1v) is 16.2. The number of nitrogens with zero attached hydrogens (tertiary/aromatic N) is 2. The van der Waals surface area contributed by atoms with Crippen molar-refractivity contribution in [2.24, 2.45) is 23.5 Å². The molecule has 43 heavy (non-hydrogen) atoms. The summed E-state index contributed by atoms with van der Waals surface area (Å²) in [4.78, 5) is 31.7. The van der Waals surface area contributed by atoms with E-state index in [1.54, 1.807) is 25.1 Å². The number of rotatable bonds is 10. The second-order valence-corrected chi connectivity index (χ2v) is 14.1. The number of aromatic nitrogens is 1. The van der Waals surface area contributed by atoms with Crippen LogP contribution in [0.1, 0.15) is 85.7 Å². The van der Waals surface area contributed by atoms with E-state index >= 15 is 0 Å². The summed E-state index contributed by atoms with van der Waals surface area (Å²) in [6, 6.07) is 6.92. The van der Waals surface area contributed by atoms with E-state index in [-0.39, 0.29) is 48.0 Å². The summed E-state index contributed by atoms with van der Waals surface area (Å²) >= 11 is 0. The molecule has 2 aliphatic rings. The van der Waals surface area contributed by atoms with E-state index in [2.05, 4.69) is 29.0 Å². The molecule has 0 unspecified atom stereocenters.